The molecule has 2 aliphatic rings. The molecular formula is C12H27N5. The van der Waals surface area contributed by atoms with Crippen LogP contribution in [0.2, 0.25) is 0 Å². The maximum atomic E-state index is 3.50. The Morgan fingerprint density at radius 3 is 1.53 bits per heavy atom. The maximum absolute atomic E-state index is 3.50. The first-order valence-corrected chi connectivity index (χ1v) is 7.02. The zero-order chi connectivity index (χ0) is 11.8. The van der Waals surface area contributed by atoms with E-state index in [4.69, 9.17) is 0 Å². The van der Waals surface area contributed by atoms with E-state index in [1.165, 1.54) is 32.6 Å². The standard InChI is InChI=1S/C12H27N5/c1-8-16-10-6-14-4-2-13-3-5-15-7-11-17(9-1)12-16/h13-15H,1-12H2. The highest BCUT2D eigenvalue weighted by atomic mass is 15.3. The van der Waals surface area contributed by atoms with Crippen LogP contribution in [0.25, 0.3) is 0 Å². The van der Waals surface area contributed by atoms with Gasteiger partial charge in [0, 0.05) is 65.4 Å². The molecule has 0 amide bonds. The Morgan fingerprint density at radius 2 is 1.00 bits per heavy atom. The summed E-state index contributed by atoms with van der Waals surface area (Å²) < 4.78 is 0. The predicted molar refractivity (Wildman–Crippen MR) is 71.2 cm³/mol. The Balaban J connectivity index is 1.73. The molecule has 5 heteroatoms. The van der Waals surface area contributed by atoms with Gasteiger partial charge in [-0.15, -0.1) is 0 Å². The van der Waals surface area contributed by atoms with E-state index in [9.17, 15) is 0 Å². The van der Waals surface area contributed by atoms with Crippen LogP contribution in [0.4, 0.5) is 0 Å². The van der Waals surface area contributed by atoms with Gasteiger partial charge in [0.25, 0.3) is 0 Å². The molecule has 2 atom stereocenters. The molecule has 2 rings (SSSR count). The lowest BCUT2D eigenvalue weighted by molar-refractivity contribution is 0.0873. The third kappa shape index (κ3) is 5.31. The molecule has 0 saturated carbocycles. The van der Waals surface area contributed by atoms with Crippen molar-refractivity contribution in [3.63, 3.8) is 0 Å². The van der Waals surface area contributed by atoms with Crippen LogP contribution in [0.15, 0.2) is 0 Å². The van der Waals surface area contributed by atoms with Crippen molar-refractivity contribution in [2.75, 3.05) is 72.1 Å². The van der Waals surface area contributed by atoms with Crippen molar-refractivity contribution < 1.29 is 0 Å². The van der Waals surface area contributed by atoms with E-state index in [-0.39, 0.29) is 0 Å². The van der Waals surface area contributed by atoms with E-state index in [0.717, 1.165) is 45.9 Å². The van der Waals surface area contributed by atoms with Gasteiger partial charge in [-0.25, -0.2) is 0 Å². The molecule has 0 aliphatic carbocycles. The second-order valence-corrected chi connectivity index (χ2v) is 4.98. The molecule has 2 saturated heterocycles. The third-order valence-electron chi connectivity index (χ3n) is 3.52. The van der Waals surface area contributed by atoms with Crippen molar-refractivity contribution >= 4 is 0 Å². The Labute approximate surface area is 105 Å². The Morgan fingerprint density at radius 1 is 0.529 bits per heavy atom. The molecule has 2 fully saturated rings. The lowest BCUT2D eigenvalue weighted by Gasteiger charge is -2.35. The summed E-state index contributed by atoms with van der Waals surface area (Å²) >= 11 is 0. The Kier molecular flexibility index (Phi) is 6.23. The summed E-state index contributed by atoms with van der Waals surface area (Å²) in [5, 5.41) is 10.4. The molecule has 0 aromatic rings. The van der Waals surface area contributed by atoms with E-state index in [0.29, 0.717) is 0 Å². The van der Waals surface area contributed by atoms with Crippen molar-refractivity contribution in [3.8, 4) is 0 Å². The molecule has 17 heavy (non-hydrogen) atoms. The molecule has 3 N–H and O–H groups in total. The predicted octanol–water partition coefficient (Wildman–Crippen LogP) is -1.27. The summed E-state index contributed by atoms with van der Waals surface area (Å²) in [6.07, 6.45) is 1.32. The normalized spacial score (nSPS) is 33.9. The first-order valence-electron chi connectivity index (χ1n) is 7.02. The highest BCUT2D eigenvalue weighted by molar-refractivity contribution is 4.70. The fraction of sp³-hybridized carbons (Fsp3) is 1.00. The molecule has 0 spiro atoms. The van der Waals surface area contributed by atoms with Gasteiger partial charge in [-0.2, -0.15) is 0 Å². The van der Waals surface area contributed by atoms with Gasteiger partial charge in [-0.05, 0) is 6.42 Å². The molecule has 0 radical (unpaired) electrons. The van der Waals surface area contributed by atoms with Crippen molar-refractivity contribution in [3.05, 3.63) is 0 Å². The molecule has 5 nitrogen and oxygen atoms in total. The van der Waals surface area contributed by atoms with Crippen LogP contribution in [-0.2, 0) is 0 Å². The van der Waals surface area contributed by atoms with Crippen LogP contribution >= 0.6 is 0 Å². The van der Waals surface area contributed by atoms with Crippen LogP contribution in [0.5, 0.6) is 0 Å². The second-order valence-electron chi connectivity index (χ2n) is 4.98. The lowest BCUT2D eigenvalue weighted by Crippen LogP contribution is -2.49. The largest absolute Gasteiger partial charge is 0.314 e. The number of rotatable bonds is 0. The fourth-order valence-electron chi connectivity index (χ4n) is 2.51. The van der Waals surface area contributed by atoms with Crippen molar-refractivity contribution in [1.82, 2.24) is 25.8 Å². The van der Waals surface area contributed by atoms with E-state index in [1.54, 1.807) is 0 Å². The van der Waals surface area contributed by atoms with Crippen LogP contribution in [-0.4, -0.2) is 81.9 Å². The minimum Gasteiger partial charge on any atom is -0.314 e. The zero-order valence-electron chi connectivity index (χ0n) is 10.9. The highest BCUT2D eigenvalue weighted by Gasteiger charge is 2.16. The second kappa shape index (κ2) is 8.00. The van der Waals surface area contributed by atoms with Gasteiger partial charge in [0.2, 0.25) is 0 Å². The SMILES string of the molecule is C1CN2CCNCCNCCNCCN(C1)C2. The summed E-state index contributed by atoms with van der Waals surface area (Å²) in [5.41, 5.74) is 0. The summed E-state index contributed by atoms with van der Waals surface area (Å²) in [5.74, 6) is 0. The molecule has 2 bridgehead atoms. The van der Waals surface area contributed by atoms with E-state index in [2.05, 4.69) is 25.8 Å². The fourth-order valence-corrected chi connectivity index (χ4v) is 2.51. The highest BCUT2D eigenvalue weighted by Crippen LogP contribution is 2.04. The van der Waals surface area contributed by atoms with Gasteiger partial charge in [0.1, 0.15) is 0 Å². The molecule has 2 aliphatic heterocycles. The molecule has 100 valence electrons. The minimum atomic E-state index is 1.08. The third-order valence-corrected chi connectivity index (χ3v) is 3.52. The zero-order valence-corrected chi connectivity index (χ0v) is 10.9. The number of hydrogen-bond acceptors (Lipinski definition) is 5. The van der Waals surface area contributed by atoms with Crippen LogP contribution in [0.3, 0.4) is 0 Å². The summed E-state index contributed by atoms with van der Waals surface area (Å²) in [7, 11) is 0. The smallest absolute Gasteiger partial charge is 0.0507 e. The van der Waals surface area contributed by atoms with E-state index in [1.807, 2.05) is 0 Å². The molecule has 2 unspecified atom stereocenters. The Bertz CT molecular complexity index is 181. The average molecular weight is 241 g/mol. The van der Waals surface area contributed by atoms with Crippen molar-refractivity contribution in [1.29, 1.82) is 0 Å². The van der Waals surface area contributed by atoms with Crippen molar-refractivity contribution in [2.24, 2.45) is 0 Å². The van der Waals surface area contributed by atoms with Gasteiger partial charge in [0.05, 0.1) is 6.67 Å². The van der Waals surface area contributed by atoms with Crippen molar-refractivity contribution in [2.45, 2.75) is 6.42 Å². The number of nitrogens with zero attached hydrogens (tertiary/aromatic N) is 2. The van der Waals surface area contributed by atoms with Gasteiger partial charge in [-0.3, -0.25) is 9.80 Å². The number of hydrogen-bond donors (Lipinski definition) is 3. The van der Waals surface area contributed by atoms with Crippen LogP contribution in [0, 0.1) is 0 Å². The monoisotopic (exact) mass is 241 g/mol. The molecular weight excluding hydrogens is 214 g/mol. The first-order chi connectivity index (χ1) is 8.45. The topological polar surface area (TPSA) is 42.6 Å². The molecule has 0 aromatic heterocycles. The van der Waals surface area contributed by atoms with Crippen LogP contribution in [0.1, 0.15) is 6.42 Å². The molecule has 0 aromatic carbocycles. The minimum absolute atomic E-state index is 1.08. The quantitative estimate of drug-likeness (QED) is 0.494. The lowest BCUT2D eigenvalue weighted by atomic mass is 10.3. The average Bonchev–Trinajstić information content (AvgIpc) is 2.36. The summed E-state index contributed by atoms with van der Waals surface area (Å²) in [4.78, 5) is 5.13. The van der Waals surface area contributed by atoms with Gasteiger partial charge in [0.15, 0.2) is 0 Å². The number of fused-ring (bicyclic) bond motifs is 2. The summed E-state index contributed by atoms with van der Waals surface area (Å²) in [6, 6.07) is 0. The van der Waals surface area contributed by atoms with E-state index < -0.39 is 0 Å². The maximum Gasteiger partial charge on any atom is 0.0507 e. The van der Waals surface area contributed by atoms with E-state index >= 15 is 0 Å². The Hall–Kier alpha value is -0.200. The first kappa shape index (κ1) is 13.2. The van der Waals surface area contributed by atoms with Gasteiger partial charge >= 0.3 is 0 Å². The number of nitrogens with one attached hydrogen (secondary N) is 3. The molecule has 2 heterocycles. The summed E-state index contributed by atoms with van der Waals surface area (Å²) in [6.45, 7) is 12.6. The van der Waals surface area contributed by atoms with Gasteiger partial charge < -0.3 is 16.0 Å². The van der Waals surface area contributed by atoms with Gasteiger partial charge in [-0.1, -0.05) is 0 Å². The van der Waals surface area contributed by atoms with Crippen LogP contribution < -0.4 is 16.0 Å².